The van der Waals surface area contributed by atoms with Crippen LogP contribution in [-0.2, 0) is 0 Å². The number of hydrogen-bond donors (Lipinski definition) is 1. The van der Waals surface area contributed by atoms with E-state index in [1.807, 2.05) is 0 Å². The summed E-state index contributed by atoms with van der Waals surface area (Å²) in [5.41, 5.74) is 0.823. The van der Waals surface area contributed by atoms with E-state index in [0.29, 0.717) is 0 Å². The van der Waals surface area contributed by atoms with Crippen LogP contribution in [0.15, 0.2) is 0 Å². The van der Waals surface area contributed by atoms with Gasteiger partial charge in [-0.1, -0.05) is 5.01 Å². The third-order valence-electron chi connectivity index (χ3n) is 0.731. The van der Waals surface area contributed by atoms with Crippen molar-refractivity contribution in [2.24, 2.45) is 0 Å². The number of alkyl halides is 5. The van der Waals surface area contributed by atoms with Crippen molar-refractivity contribution in [3.63, 3.8) is 0 Å². The Morgan fingerprint density at radius 1 is 1.22 bits per heavy atom. The van der Waals surface area contributed by atoms with Crippen LogP contribution in [0.2, 0.25) is 0 Å². The summed E-state index contributed by atoms with van der Waals surface area (Å²) < 4.78 is 56.1. The van der Waals surface area contributed by atoms with E-state index in [0.717, 1.165) is 5.43 Å². The van der Waals surface area contributed by atoms with Crippen LogP contribution in [0.1, 0.15) is 0 Å². The number of rotatable bonds is 0. The van der Waals surface area contributed by atoms with Crippen molar-refractivity contribution in [2.45, 2.75) is 12.5 Å². The molecule has 0 aromatic rings. The molecule has 7 heteroatoms. The minimum atomic E-state index is -4.98. The molecule has 1 rings (SSSR count). The van der Waals surface area contributed by atoms with E-state index in [9.17, 15) is 22.0 Å². The molecule has 2 nitrogen and oxygen atoms in total. The second-order valence-electron chi connectivity index (χ2n) is 1.46. The number of hydrogen-bond acceptors (Lipinski definition) is 2. The average Bonchev–Trinajstić information content (AvgIpc) is 2.10. The maximum atomic E-state index is 11.4. The van der Waals surface area contributed by atoms with Gasteiger partial charge in [0.2, 0.25) is 0 Å². The molecule has 0 bridgehead atoms. The standard InChI is InChI=1S/C2HF5N2/c3-1(4,5)9-2(6,7)8-9/h8H. The summed E-state index contributed by atoms with van der Waals surface area (Å²) in [5, 5.41) is -1.08. The molecule has 1 aliphatic rings. The first-order chi connectivity index (χ1) is 3.84. The van der Waals surface area contributed by atoms with E-state index in [1.54, 1.807) is 0 Å². The molecule has 0 aliphatic carbocycles. The van der Waals surface area contributed by atoms with E-state index < -0.39 is 17.5 Å². The summed E-state index contributed by atoms with van der Waals surface area (Å²) in [6, 6.07) is 0. The van der Waals surface area contributed by atoms with Crippen molar-refractivity contribution in [1.82, 2.24) is 10.4 Å². The van der Waals surface area contributed by atoms with Gasteiger partial charge in [0.25, 0.3) is 0 Å². The SMILES string of the molecule is FC(F)(F)N1NC1(F)F. The third-order valence-corrected chi connectivity index (χ3v) is 0.731. The Bertz CT molecular complexity index is 127. The summed E-state index contributed by atoms with van der Waals surface area (Å²) in [6.07, 6.45) is -8.87. The predicted molar refractivity (Wildman–Crippen MR) is 16.0 cm³/mol. The molecule has 0 radical (unpaired) electrons. The lowest BCUT2D eigenvalue weighted by Crippen LogP contribution is -2.25. The van der Waals surface area contributed by atoms with Crippen LogP contribution in [0.25, 0.3) is 0 Å². The minimum Gasteiger partial charge on any atom is -0.169 e. The molecule has 1 aliphatic heterocycles. The van der Waals surface area contributed by atoms with Crippen LogP contribution in [0, 0.1) is 0 Å². The molecule has 54 valence electrons. The van der Waals surface area contributed by atoms with Crippen LogP contribution in [-0.4, -0.2) is 17.5 Å². The number of nitrogens with one attached hydrogen (secondary N) is 1. The van der Waals surface area contributed by atoms with Gasteiger partial charge in [-0.3, -0.25) is 0 Å². The molecule has 0 saturated carbocycles. The summed E-state index contributed by atoms with van der Waals surface area (Å²) >= 11 is 0. The van der Waals surface area contributed by atoms with E-state index in [2.05, 4.69) is 0 Å². The van der Waals surface area contributed by atoms with Crippen molar-refractivity contribution >= 4 is 0 Å². The highest BCUT2D eigenvalue weighted by molar-refractivity contribution is 4.77. The molecule has 1 fully saturated rings. The molecule has 9 heavy (non-hydrogen) atoms. The van der Waals surface area contributed by atoms with Crippen LogP contribution in [0.3, 0.4) is 0 Å². The maximum absolute atomic E-state index is 11.4. The zero-order valence-electron chi connectivity index (χ0n) is 3.84. The molecule has 1 atom stereocenters. The Morgan fingerprint density at radius 2 is 1.56 bits per heavy atom. The molecule has 0 aromatic heterocycles. The predicted octanol–water partition coefficient (Wildman–Crippen LogP) is 0.877. The van der Waals surface area contributed by atoms with Crippen LogP contribution in [0.5, 0.6) is 0 Å². The van der Waals surface area contributed by atoms with Crippen LogP contribution >= 0.6 is 0 Å². The van der Waals surface area contributed by atoms with Crippen molar-refractivity contribution < 1.29 is 22.0 Å². The van der Waals surface area contributed by atoms with Gasteiger partial charge in [0.05, 0.1) is 0 Å². The zero-order valence-corrected chi connectivity index (χ0v) is 3.84. The Morgan fingerprint density at radius 3 is 1.56 bits per heavy atom. The molecule has 1 unspecified atom stereocenters. The summed E-state index contributed by atoms with van der Waals surface area (Å²) in [7, 11) is 0. The molecule has 0 amide bonds. The highest BCUT2D eigenvalue weighted by Gasteiger charge is 2.68. The van der Waals surface area contributed by atoms with Crippen molar-refractivity contribution in [3.8, 4) is 0 Å². The molecule has 0 aromatic carbocycles. The number of hydrazine groups is 1. The molecule has 1 heterocycles. The van der Waals surface area contributed by atoms with Crippen molar-refractivity contribution in [2.75, 3.05) is 0 Å². The second kappa shape index (κ2) is 1.35. The summed E-state index contributed by atoms with van der Waals surface area (Å²) in [5.74, 6) is 0. The fourth-order valence-corrected chi connectivity index (χ4v) is 0.332. The monoisotopic (exact) mass is 148 g/mol. The third kappa shape index (κ3) is 1.11. The van der Waals surface area contributed by atoms with Gasteiger partial charge in [-0.05, 0) is 0 Å². The van der Waals surface area contributed by atoms with Gasteiger partial charge in [0, 0.05) is 0 Å². The van der Waals surface area contributed by atoms with Gasteiger partial charge in [-0.2, -0.15) is 27.4 Å². The fraction of sp³-hybridized carbons (Fsp3) is 1.00. The highest BCUT2D eigenvalue weighted by atomic mass is 19.4. The Labute approximate surface area is 46.2 Å². The van der Waals surface area contributed by atoms with Gasteiger partial charge >= 0.3 is 12.5 Å². The zero-order chi connectivity index (χ0) is 7.28. The topological polar surface area (TPSA) is 25.0 Å². The number of nitrogens with zero attached hydrogens (tertiary/aromatic N) is 1. The van der Waals surface area contributed by atoms with Gasteiger partial charge in [-0.25, -0.2) is 0 Å². The Kier molecular flexibility index (Phi) is 1.00. The molecule has 0 spiro atoms. The van der Waals surface area contributed by atoms with Gasteiger partial charge < -0.3 is 0 Å². The van der Waals surface area contributed by atoms with E-state index in [-0.39, 0.29) is 0 Å². The smallest absolute Gasteiger partial charge is 0.169 e. The normalized spacial score (nSPS) is 32.3. The first-order valence-electron chi connectivity index (χ1n) is 1.87. The largest absolute Gasteiger partial charge is 0.479 e. The van der Waals surface area contributed by atoms with Gasteiger partial charge in [0.1, 0.15) is 0 Å². The summed E-state index contributed by atoms with van der Waals surface area (Å²) in [4.78, 5) is 0. The molecular weight excluding hydrogens is 147 g/mol. The van der Waals surface area contributed by atoms with Crippen molar-refractivity contribution in [1.29, 1.82) is 0 Å². The minimum absolute atomic E-state index is 0.823. The molecule has 1 saturated heterocycles. The average molecular weight is 148 g/mol. The van der Waals surface area contributed by atoms with Crippen LogP contribution < -0.4 is 5.43 Å². The lowest BCUT2D eigenvalue weighted by atomic mass is 11.0. The number of halogens is 5. The first-order valence-corrected chi connectivity index (χ1v) is 1.87. The molecule has 1 N–H and O–H groups in total. The van der Waals surface area contributed by atoms with Gasteiger partial charge in [-0.15, -0.1) is 0 Å². The lowest BCUT2D eigenvalue weighted by molar-refractivity contribution is -0.237. The highest BCUT2D eigenvalue weighted by Crippen LogP contribution is 2.38. The van der Waals surface area contributed by atoms with E-state index in [1.165, 1.54) is 0 Å². The first kappa shape index (κ1) is 6.69. The quantitative estimate of drug-likeness (QED) is 0.313. The lowest BCUT2D eigenvalue weighted by Gasteiger charge is -2.01. The van der Waals surface area contributed by atoms with E-state index in [4.69, 9.17) is 0 Å². The van der Waals surface area contributed by atoms with Crippen molar-refractivity contribution in [3.05, 3.63) is 0 Å². The maximum Gasteiger partial charge on any atom is 0.479 e. The van der Waals surface area contributed by atoms with Gasteiger partial charge in [0.15, 0.2) is 0 Å². The molecular formula is C2HF5N2. The second-order valence-corrected chi connectivity index (χ2v) is 1.46. The van der Waals surface area contributed by atoms with Crippen LogP contribution in [0.4, 0.5) is 22.0 Å². The summed E-state index contributed by atoms with van der Waals surface area (Å²) in [6.45, 7) is 0. The Balaban J connectivity index is 2.52. The Hall–Kier alpha value is -0.430. The fourth-order valence-electron chi connectivity index (χ4n) is 0.332. The van der Waals surface area contributed by atoms with E-state index >= 15 is 0 Å².